The molecule has 1 aromatic heterocycles. The van der Waals surface area contributed by atoms with Crippen molar-refractivity contribution in [3.05, 3.63) is 66.2 Å². The molecule has 0 unspecified atom stereocenters. The first-order chi connectivity index (χ1) is 13.4. The number of likely N-dealkylation sites (N-methyl/N-ethyl adjacent to an activating group) is 1. The van der Waals surface area contributed by atoms with Gasteiger partial charge in [-0.05, 0) is 78.9 Å². The Kier molecular flexibility index (Phi) is 5.13. The maximum absolute atomic E-state index is 13.0. The quantitative estimate of drug-likeness (QED) is 0.352. The van der Waals surface area contributed by atoms with Crippen LogP contribution in [-0.4, -0.2) is 22.0 Å². The van der Waals surface area contributed by atoms with Crippen LogP contribution in [0.4, 0.5) is 5.69 Å². The number of benzene rings is 2. The first-order valence-electron chi connectivity index (χ1n) is 8.98. The number of aromatic nitrogens is 2. The lowest BCUT2D eigenvalue weighted by molar-refractivity contribution is -0.112. The fraction of sp³-hybridized carbons (Fsp3) is 0.190. The van der Waals surface area contributed by atoms with Gasteiger partial charge in [0.05, 0.1) is 22.2 Å². The van der Waals surface area contributed by atoms with Gasteiger partial charge in [-0.1, -0.05) is 15.9 Å². The number of hydrogen-bond acceptors (Lipinski definition) is 3. The number of carbonyl (C=O) groups excluding carboxylic acids is 1. The van der Waals surface area contributed by atoms with E-state index in [1.165, 1.54) is 0 Å². The monoisotopic (exact) mass is 549 g/mol. The molecule has 0 aliphatic carbocycles. The van der Waals surface area contributed by atoms with E-state index in [9.17, 15) is 9.59 Å². The molecule has 28 heavy (non-hydrogen) atoms. The van der Waals surface area contributed by atoms with Gasteiger partial charge < -0.3 is 4.90 Å². The normalized spacial score (nSPS) is 14.9. The van der Waals surface area contributed by atoms with Gasteiger partial charge in [0.25, 0.3) is 11.5 Å². The number of hydrogen-bond donors (Lipinski definition) is 0. The van der Waals surface area contributed by atoms with Gasteiger partial charge in [0.1, 0.15) is 5.82 Å². The standard InChI is InChI=1S/C21H17BrIN3O2/c1-3-25-18-8-5-12(22)9-14(18)15(20(25)27)11-19-24-17-7-6-13(23)10-16(17)21(28)26(19)4-2/h5-11H,3-4H2,1-2H3/b15-11-. The number of anilines is 1. The summed E-state index contributed by atoms with van der Waals surface area (Å²) < 4.78 is 3.50. The molecule has 0 radical (unpaired) electrons. The van der Waals surface area contributed by atoms with Crippen molar-refractivity contribution < 1.29 is 4.79 Å². The van der Waals surface area contributed by atoms with Crippen LogP contribution >= 0.6 is 38.5 Å². The zero-order valence-corrected chi connectivity index (χ0v) is 19.1. The smallest absolute Gasteiger partial charge is 0.261 e. The van der Waals surface area contributed by atoms with E-state index in [2.05, 4.69) is 38.5 Å². The Hall–Kier alpha value is -2.00. The number of halogens is 2. The van der Waals surface area contributed by atoms with Gasteiger partial charge >= 0.3 is 0 Å². The molecule has 2 heterocycles. The maximum Gasteiger partial charge on any atom is 0.261 e. The Morgan fingerprint density at radius 2 is 1.89 bits per heavy atom. The first-order valence-corrected chi connectivity index (χ1v) is 10.8. The maximum atomic E-state index is 13.0. The summed E-state index contributed by atoms with van der Waals surface area (Å²) >= 11 is 5.68. The van der Waals surface area contributed by atoms with Crippen LogP contribution in [0.15, 0.2) is 45.7 Å². The summed E-state index contributed by atoms with van der Waals surface area (Å²) in [6.07, 6.45) is 1.74. The van der Waals surface area contributed by atoms with Gasteiger partial charge in [-0.2, -0.15) is 0 Å². The Balaban J connectivity index is 1.98. The van der Waals surface area contributed by atoms with E-state index in [0.29, 0.717) is 35.4 Å². The lowest BCUT2D eigenvalue weighted by Crippen LogP contribution is -2.26. The third kappa shape index (κ3) is 3.10. The topological polar surface area (TPSA) is 55.2 Å². The van der Waals surface area contributed by atoms with Crippen LogP contribution in [0.2, 0.25) is 0 Å². The summed E-state index contributed by atoms with van der Waals surface area (Å²) in [6, 6.07) is 11.4. The van der Waals surface area contributed by atoms with Gasteiger partial charge in [0, 0.05) is 26.7 Å². The third-order valence-electron chi connectivity index (χ3n) is 4.87. The zero-order chi connectivity index (χ0) is 20.0. The Morgan fingerprint density at radius 1 is 1.11 bits per heavy atom. The second-order valence-corrected chi connectivity index (χ2v) is 8.61. The average Bonchev–Trinajstić information content (AvgIpc) is 2.93. The molecule has 1 amide bonds. The van der Waals surface area contributed by atoms with Crippen molar-refractivity contribution in [3.63, 3.8) is 0 Å². The summed E-state index contributed by atoms with van der Waals surface area (Å²) in [5.41, 5.74) is 2.82. The molecular formula is C21H17BrIN3O2. The number of amides is 1. The molecule has 1 aliphatic heterocycles. The molecule has 3 aromatic rings. The molecule has 4 rings (SSSR count). The van der Waals surface area contributed by atoms with Gasteiger partial charge in [0.2, 0.25) is 0 Å². The molecule has 0 fully saturated rings. The minimum absolute atomic E-state index is 0.0739. The molecule has 0 atom stereocenters. The summed E-state index contributed by atoms with van der Waals surface area (Å²) in [7, 11) is 0. The molecule has 0 saturated carbocycles. The van der Waals surface area contributed by atoms with E-state index in [1.54, 1.807) is 15.5 Å². The van der Waals surface area contributed by atoms with Crippen LogP contribution < -0.4 is 10.5 Å². The van der Waals surface area contributed by atoms with Crippen LogP contribution in [-0.2, 0) is 11.3 Å². The minimum Gasteiger partial charge on any atom is -0.308 e. The lowest BCUT2D eigenvalue weighted by Gasteiger charge is -2.13. The molecule has 142 valence electrons. The van der Waals surface area contributed by atoms with E-state index in [-0.39, 0.29) is 11.5 Å². The Labute approximate surface area is 184 Å². The Morgan fingerprint density at radius 3 is 2.61 bits per heavy atom. The molecular weight excluding hydrogens is 533 g/mol. The van der Waals surface area contributed by atoms with Crippen molar-refractivity contribution in [2.75, 3.05) is 11.4 Å². The summed E-state index contributed by atoms with van der Waals surface area (Å²) in [5.74, 6) is 0.420. The van der Waals surface area contributed by atoms with Gasteiger partial charge in [-0.25, -0.2) is 4.98 Å². The summed E-state index contributed by atoms with van der Waals surface area (Å²) in [4.78, 5) is 32.5. The molecule has 7 heteroatoms. The number of nitrogens with zero attached hydrogens (tertiary/aromatic N) is 3. The third-order valence-corrected chi connectivity index (χ3v) is 6.03. The average molecular weight is 550 g/mol. The molecule has 0 spiro atoms. The highest BCUT2D eigenvalue weighted by Gasteiger charge is 2.31. The van der Waals surface area contributed by atoms with Crippen molar-refractivity contribution in [3.8, 4) is 0 Å². The number of carbonyl (C=O) groups is 1. The highest BCUT2D eigenvalue weighted by Crippen LogP contribution is 2.39. The zero-order valence-electron chi connectivity index (χ0n) is 15.4. The predicted octanol–water partition coefficient (Wildman–Crippen LogP) is 4.69. The van der Waals surface area contributed by atoms with Gasteiger partial charge in [0.15, 0.2) is 0 Å². The van der Waals surface area contributed by atoms with E-state index in [0.717, 1.165) is 19.3 Å². The second-order valence-electron chi connectivity index (χ2n) is 6.45. The van der Waals surface area contributed by atoms with Crippen molar-refractivity contribution in [1.29, 1.82) is 0 Å². The highest BCUT2D eigenvalue weighted by molar-refractivity contribution is 14.1. The SMILES string of the molecule is CCN1C(=O)/C(=C\c2nc3ccc(I)cc3c(=O)n2CC)c2cc(Br)ccc21. The van der Waals surface area contributed by atoms with Crippen LogP contribution in [0.1, 0.15) is 25.2 Å². The molecule has 0 bridgehead atoms. The van der Waals surface area contributed by atoms with Gasteiger partial charge in [-0.15, -0.1) is 0 Å². The summed E-state index contributed by atoms with van der Waals surface area (Å²) in [5, 5.41) is 0.590. The van der Waals surface area contributed by atoms with Crippen LogP contribution in [0, 0.1) is 3.57 Å². The highest BCUT2D eigenvalue weighted by atomic mass is 127. The van der Waals surface area contributed by atoms with Crippen molar-refractivity contribution in [1.82, 2.24) is 9.55 Å². The van der Waals surface area contributed by atoms with Crippen molar-refractivity contribution >= 4 is 72.7 Å². The van der Waals surface area contributed by atoms with Crippen molar-refractivity contribution in [2.24, 2.45) is 0 Å². The van der Waals surface area contributed by atoms with Gasteiger partial charge in [-0.3, -0.25) is 14.2 Å². The Bertz CT molecular complexity index is 1220. The fourth-order valence-corrected chi connectivity index (χ4v) is 4.39. The molecule has 0 N–H and O–H groups in total. The van der Waals surface area contributed by atoms with Crippen LogP contribution in [0.5, 0.6) is 0 Å². The molecule has 0 saturated heterocycles. The number of rotatable bonds is 3. The lowest BCUT2D eigenvalue weighted by atomic mass is 10.1. The minimum atomic E-state index is -0.0925. The molecule has 1 aliphatic rings. The fourth-order valence-electron chi connectivity index (χ4n) is 3.54. The molecule has 5 nitrogen and oxygen atoms in total. The van der Waals surface area contributed by atoms with E-state index in [4.69, 9.17) is 4.98 Å². The van der Waals surface area contributed by atoms with E-state index in [1.807, 2.05) is 50.2 Å². The number of fused-ring (bicyclic) bond motifs is 2. The summed E-state index contributed by atoms with van der Waals surface area (Å²) in [6.45, 7) is 4.91. The van der Waals surface area contributed by atoms with E-state index < -0.39 is 0 Å². The largest absolute Gasteiger partial charge is 0.308 e. The van der Waals surface area contributed by atoms with Crippen molar-refractivity contribution in [2.45, 2.75) is 20.4 Å². The van der Waals surface area contributed by atoms with Crippen LogP contribution in [0.3, 0.4) is 0 Å². The second kappa shape index (κ2) is 7.44. The first kappa shape index (κ1) is 19.3. The van der Waals surface area contributed by atoms with Crippen LogP contribution in [0.25, 0.3) is 22.6 Å². The molecule has 2 aromatic carbocycles. The predicted molar refractivity (Wildman–Crippen MR) is 124 cm³/mol. The van der Waals surface area contributed by atoms with E-state index >= 15 is 0 Å².